The maximum absolute atomic E-state index is 12.8. The number of carbonyl (C=O) groups is 2. The fourth-order valence-corrected chi connectivity index (χ4v) is 3.69. The minimum Gasteiger partial charge on any atom is -0.321 e. The van der Waals surface area contributed by atoms with Gasteiger partial charge in [0, 0.05) is 11.4 Å². The topological polar surface area (TPSA) is 62.6 Å². The van der Waals surface area contributed by atoms with E-state index in [1.165, 1.54) is 5.56 Å². The molecule has 0 spiro atoms. The lowest BCUT2D eigenvalue weighted by molar-refractivity contribution is -0.885. The summed E-state index contributed by atoms with van der Waals surface area (Å²) < 4.78 is 0. The van der Waals surface area contributed by atoms with Gasteiger partial charge < -0.3 is 15.5 Å². The van der Waals surface area contributed by atoms with Crippen LogP contribution in [0.25, 0.3) is 0 Å². The highest BCUT2D eigenvalue weighted by Gasteiger charge is 2.25. The summed E-state index contributed by atoms with van der Waals surface area (Å²) in [5, 5.41) is 6.08. The molecule has 0 heterocycles. The number of rotatable bonds is 8. The second-order valence-corrected chi connectivity index (χ2v) is 8.45. The summed E-state index contributed by atoms with van der Waals surface area (Å²) in [5.74, 6) is 0.189. The van der Waals surface area contributed by atoms with Crippen molar-refractivity contribution in [1.29, 1.82) is 0 Å². The lowest BCUT2D eigenvalue weighted by atomic mass is 9.97. The van der Waals surface area contributed by atoms with Crippen molar-refractivity contribution in [3.63, 3.8) is 0 Å². The largest absolute Gasteiger partial charge is 0.321 e. The van der Waals surface area contributed by atoms with Gasteiger partial charge in [0.15, 0.2) is 12.6 Å². The summed E-state index contributed by atoms with van der Waals surface area (Å²) in [4.78, 5) is 26.3. The van der Waals surface area contributed by atoms with Gasteiger partial charge in [-0.2, -0.15) is 0 Å². The van der Waals surface area contributed by atoms with Gasteiger partial charge in [-0.05, 0) is 62.8 Å². The first-order valence-corrected chi connectivity index (χ1v) is 10.7. The number of likely N-dealkylation sites (N-methyl/N-ethyl adjacent to an activating group) is 1. The number of hydrogen-bond donors (Lipinski definition) is 3. The van der Waals surface area contributed by atoms with Crippen LogP contribution in [0.3, 0.4) is 0 Å². The number of amides is 2. The van der Waals surface area contributed by atoms with E-state index in [-0.39, 0.29) is 24.4 Å². The van der Waals surface area contributed by atoms with E-state index < -0.39 is 0 Å². The van der Waals surface area contributed by atoms with E-state index in [2.05, 4.69) is 42.7 Å². The van der Waals surface area contributed by atoms with Crippen molar-refractivity contribution in [3.05, 3.63) is 58.7 Å². The monoisotopic (exact) mass is 410 g/mol. The molecule has 5 heteroatoms. The molecular formula is C25H36N3O2+. The molecule has 2 aromatic carbocycles. The van der Waals surface area contributed by atoms with Gasteiger partial charge in [-0.25, -0.2) is 0 Å². The normalized spacial score (nSPS) is 14.0. The third-order valence-corrected chi connectivity index (χ3v) is 5.88. The van der Waals surface area contributed by atoms with E-state index in [1.807, 2.05) is 52.9 Å². The van der Waals surface area contributed by atoms with Crippen molar-refractivity contribution in [2.45, 2.75) is 59.9 Å². The highest BCUT2D eigenvalue weighted by Crippen LogP contribution is 2.26. The Bertz CT molecular complexity index is 884. The van der Waals surface area contributed by atoms with E-state index in [9.17, 15) is 9.59 Å². The van der Waals surface area contributed by atoms with E-state index in [0.29, 0.717) is 5.92 Å². The Kier molecular flexibility index (Phi) is 8.18. The first-order valence-electron chi connectivity index (χ1n) is 10.7. The Morgan fingerprint density at radius 3 is 2.20 bits per heavy atom. The molecule has 2 rings (SSSR count). The molecule has 0 bridgehead atoms. The summed E-state index contributed by atoms with van der Waals surface area (Å²) in [5.41, 5.74) is 6.12. The number of quaternary nitrogens is 1. The Hall–Kier alpha value is -2.66. The van der Waals surface area contributed by atoms with Crippen molar-refractivity contribution in [2.24, 2.45) is 0 Å². The van der Waals surface area contributed by atoms with Gasteiger partial charge in [-0.3, -0.25) is 9.59 Å². The Labute approximate surface area is 180 Å². The van der Waals surface area contributed by atoms with Crippen LogP contribution in [-0.4, -0.2) is 31.4 Å². The van der Waals surface area contributed by atoms with Crippen LogP contribution >= 0.6 is 0 Å². The standard InChI is InChI=1S/C25H35N3O2/c1-8-17(3)21-11-9-10-12-22(21)26-25(30)20(6)28(7)15-23(29)27-24-18(4)13-16(2)14-19(24)5/h9-14,17,20H,8,15H2,1-7H3,(H,26,30)(H,27,29)/p+1/t17-,20-/m0/s1. The third kappa shape index (κ3) is 5.92. The van der Waals surface area contributed by atoms with E-state index in [0.717, 1.165) is 39.4 Å². The fraction of sp³-hybridized carbons (Fsp3) is 0.440. The molecule has 0 saturated carbocycles. The first-order chi connectivity index (χ1) is 14.1. The minimum atomic E-state index is -0.360. The van der Waals surface area contributed by atoms with Gasteiger partial charge >= 0.3 is 0 Å². The second-order valence-electron chi connectivity index (χ2n) is 8.45. The van der Waals surface area contributed by atoms with Gasteiger partial charge in [0.1, 0.15) is 0 Å². The van der Waals surface area contributed by atoms with Crippen molar-refractivity contribution >= 4 is 23.2 Å². The number of carbonyl (C=O) groups excluding carboxylic acids is 2. The number of para-hydroxylation sites is 1. The molecule has 0 saturated heterocycles. The van der Waals surface area contributed by atoms with E-state index in [4.69, 9.17) is 0 Å². The molecule has 2 amide bonds. The Balaban J connectivity index is 2.01. The van der Waals surface area contributed by atoms with E-state index in [1.54, 1.807) is 0 Å². The second kappa shape index (κ2) is 10.4. The summed E-state index contributed by atoms with van der Waals surface area (Å²) >= 11 is 0. The maximum atomic E-state index is 12.8. The van der Waals surface area contributed by atoms with Crippen molar-refractivity contribution < 1.29 is 14.5 Å². The smallest absolute Gasteiger partial charge is 0.282 e. The number of benzene rings is 2. The van der Waals surface area contributed by atoms with Gasteiger partial charge in [-0.15, -0.1) is 0 Å². The molecule has 5 nitrogen and oxygen atoms in total. The van der Waals surface area contributed by atoms with Crippen LogP contribution in [0.4, 0.5) is 11.4 Å². The van der Waals surface area contributed by atoms with Crippen molar-refractivity contribution in [1.82, 2.24) is 0 Å². The fourth-order valence-electron chi connectivity index (χ4n) is 3.69. The molecule has 3 N–H and O–H groups in total. The molecule has 0 fully saturated rings. The number of anilines is 2. The van der Waals surface area contributed by atoms with Crippen LogP contribution in [0, 0.1) is 20.8 Å². The molecule has 3 atom stereocenters. The van der Waals surface area contributed by atoms with Crippen LogP contribution in [-0.2, 0) is 9.59 Å². The van der Waals surface area contributed by atoms with Gasteiger partial charge in [-0.1, -0.05) is 49.7 Å². The third-order valence-electron chi connectivity index (χ3n) is 5.88. The van der Waals surface area contributed by atoms with E-state index >= 15 is 0 Å². The molecule has 2 aromatic rings. The maximum Gasteiger partial charge on any atom is 0.282 e. The van der Waals surface area contributed by atoms with Crippen LogP contribution < -0.4 is 15.5 Å². The summed E-state index contributed by atoms with van der Waals surface area (Å²) in [6.45, 7) is 12.4. The summed E-state index contributed by atoms with van der Waals surface area (Å²) in [6.07, 6.45) is 1.01. The molecule has 30 heavy (non-hydrogen) atoms. The summed E-state index contributed by atoms with van der Waals surface area (Å²) in [6, 6.07) is 11.7. The number of hydrogen-bond acceptors (Lipinski definition) is 2. The predicted octanol–water partition coefficient (Wildman–Crippen LogP) is 3.61. The average molecular weight is 411 g/mol. The SMILES string of the molecule is CC[C@H](C)c1ccccc1NC(=O)[C@H](C)[NH+](C)CC(=O)Nc1c(C)cc(C)cc1C. The summed E-state index contributed by atoms with van der Waals surface area (Å²) in [7, 11) is 1.87. The lowest BCUT2D eigenvalue weighted by Gasteiger charge is -2.22. The quantitative estimate of drug-likeness (QED) is 0.623. The van der Waals surface area contributed by atoms with Crippen LogP contribution in [0.5, 0.6) is 0 Å². The average Bonchev–Trinajstić information content (AvgIpc) is 2.69. The highest BCUT2D eigenvalue weighted by molar-refractivity contribution is 5.95. The zero-order valence-electron chi connectivity index (χ0n) is 19.3. The predicted molar refractivity (Wildman–Crippen MR) is 124 cm³/mol. The molecule has 0 aliphatic carbocycles. The van der Waals surface area contributed by atoms with Crippen molar-refractivity contribution in [3.8, 4) is 0 Å². The molecule has 162 valence electrons. The molecular weight excluding hydrogens is 374 g/mol. The number of nitrogens with one attached hydrogen (secondary N) is 3. The lowest BCUT2D eigenvalue weighted by Crippen LogP contribution is -3.14. The minimum absolute atomic E-state index is 0.0845. The highest BCUT2D eigenvalue weighted by atomic mass is 16.2. The first kappa shape index (κ1) is 23.6. The Morgan fingerprint density at radius 1 is 1.00 bits per heavy atom. The zero-order chi connectivity index (χ0) is 22.4. The van der Waals surface area contributed by atoms with Crippen LogP contribution in [0.1, 0.15) is 55.4 Å². The Morgan fingerprint density at radius 2 is 1.60 bits per heavy atom. The molecule has 0 aliphatic heterocycles. The van der Waals surface area contributed by atoms with Crippen LogP contribution in [0.15, 0.2) is 36.4 Å². The molecule has 0 radical (unpaired) electrons. The molecule has 0 aromatic heterocycles. The van der Waals surface area contributed by atoms with Gasteiger partial charge in [0.25, 0.3) is 11.8 Å². The zero-order valence-corrected chi connectivity index (χ0v) is 19.3. The van der Waals surface area contributed by atoms with Gasteiger partial charge in [0.05, 0.1) is 7.05 Å². The number of aryl methyl sites for hydroxylation is 3. The molecule has 0 aliphatic rings. The van der Waals surface area contributed by atoms with Crippen LogP contribution in [0.2, 0.25) is 0 Å². The molecule has 1 unspecified atom stereocenters. The van der Waals surface area contributed by atoms with Gasteiger partial charge in [0.2, 0.25) is 0 Å². The van der Waals surface area contributed by atoms with Crippen molar-refractivity contribution in [2.75, 3.05) is 24.2 Å².